The van der Waals surface area contributed by atoms with Crippen molar-refractivity contribution in [2.75, 3.05) is 0 Å². The van der Waals surface area contributed by atoms with E-state index in [0.29, 0.717) is 5.71 Å². The Labute approximate surface area is 185 Å². The molecule has 2 aromatic rings. The van der Waals surface area contributed by atoms with Gasteiger partial charge in [0.15, 0.2) is 0 Å². The first-order valence-electron chi connectivity index (χ1n) is 9.28. The second-order valence-electron chi connectivity index (χ2n) is 8.76. The summed E-state index contributed by atoms with van der Waals surface area (Å²) in [5.41, 5.74) is 3.32. The van der Waals surface area contributed by atoms with Gasteiger partial charge in [0.05, 0.1) is 11.2 Å². The minimum absolute atomic E-state index is 0. The zero-order valence-electron chi connectivity index (χ0n) is 18.9. The van der Waals surface area contributed by atoms with Crippen molar-refractivity contribution < 1.29 is 24.6 Å². The van der Waals surface area contributed by atoms with Crippen LogP contribution in [0.1, 0.15) is 19.5 Å². The molecule has 0 atom stereocenters. The van der Waals surface area contributed by atoms with Crippen LogP contribution in [0.5, 0.6) is 0 Å². The van der Waals surface area contributed by atoms with Crippen LogP contribution in [0.4, 0.5) is 5.69 Å². The van der Waals surface area contributed by atoms with Crippen molar-refractivity contribution >= 4 is 38.8 Å². The van der Waals surface area contributed by atoms with E-state index >= 15 is 0 Å². The van der Waals surface area contributed by atoms with Gasteiger partial charge < -0.3 is 9.75 Å². The molecule has 148 valence electrons. The second kappa shape index (κ2) is 11.1. The number of para-hydroxylation sites is 1. The summed E-state index contributed by atoms with van der Waals surface area (Å²) in [5.74, 6) is 0.000580. The van der Waals surface area contributed by atoms with Crippen LogP contribution in [0.15, 0.2) is 47.2 Å². The summed E-state index contributed by atoms with van der Waals surface area (Å²) in [5, 5.41) is 12.1. The topological polar surface area (TPSA) is 62.4 Å². The van der Waals surface area contributed by atoms with E-state index in [-0.39, 0.29) is 25.2 Å². The van der Waals surface area contributed by atoms with Gasteiger partial charge >= 0.3 is 19.5 Å². The minimum atomic E-state index is -1.11. The fourth-order valence-electron chi connectivity index (χ4n) is 2.84. The Kier molecular flexibility index (Phi) is 10.7. The van der Waals surface area contributed by atoms with Crippen molar-refractivity contribution in [2.45, 2.75) is 60.1 Å². The van der Waals surface area contributed by atoms with Gasteiger partial charge in [-0.05, 0) is 26.0 Å². The maximum atomic E-state index is 11.0. The molecule has 4 nitrogen and oxygen atoms in total. The summed E-state index contributed by atoms with van der Waals surface area (Å²) >= 11 is 0. The molecule has 2 rings (SSSR count). The molecule has 0 aliphatic heterocycles. The van der Waals surface area contributed by atoms with Gasteiger partial charge in [-0.25, -0.2) is 0 Å². The molecule has 0 aliphatic carbocycles. The number of aryl methyl sites for hydroxylation is 1. The van der Waals surface area contributed by atoms with E-state index in [0.717, 1.165) is 22.3 Å². The SMILES string of the molecule is CC(/C=C(/C)[O-])=Nc1cccc2ccc(C)nc12.C[Si](C)(C)[N-][Si](C)(C)C.[Zn+2]. The normalized spacial score (nSPS) is 12.9. The third-order valence-electron chi connectivity index (χ3n) is 3.22. The Morgan fingerprint density at radius 1 is 1.00 bits per heavy atom. The Balaban J connectivity index is 0.000000627. The molecule has 1 aromatic carbocycles. The van der Waals surface area contributed by atoms with E-state index in [9.17, 15) is 5.11 Å². The summed E-state index contributed by atoms with van der Waals surface area (Å²) < 4.78 is 4.82. The van der Waals surface area contributed by atoms with Crippen LogP contribution in [-0.2, 0) is 19.5 Å². The van der Waals surface area contributed by atoms with E-state index in [1.54, 1.807) is 0 Å². The molecular formula is C21H33N3OSi2Zn. The number of aliphatic imine (C=N–C) groups is 1. The maximum absolute atomic E-state index is 11.0. The van der Waals surface area contributed by atoms with Gasteiger partial charge in [-0.3, -0.25) is 9.98 Å². The molecular weight excluding hydrogens is 432 g/mol. The minimum Gasteiger partial charge on any atom is -0.876 e. The zero-order chi connectivity index (χ0) is 20.8. The third-order valence-corrected chi connectivity index (χ3v) is 8.58. The Hall–Kier alpha value is -1.14. The van der Waals surface area contributed by atoms with Gasteiger partial charge in [-0.15, -0.1) is 5.76 Å². The molecule has 0 bridgehead atoms. The zero-order valence-corrected chi connectivity index (χ0v) is 23.9. The Morgan fingerprint density at radius 3 is 2.04 bits per heavy atom. The summed E-state index contributed by atoms with van der Waals surface area (Å²) in [6.45, 7) is 19.1. The number of aromatic nitrogens is 1. The second-order valence-corrected chi connectivity index (χ2v) is 18.3. The first-order chi connectivity index (χ1) is 12.3. The van der Waals surface area contributed by atoms with Crippen LogP contribution in [0, 0.1) is 6.92 Å². The van der Waals surface area contributed by atoms with Crippen molar-refractivity contribution in [1.29, 1.82) is 0 Å². The maximum Gasteiger partial charge on any atom is 2.00 e. The van der Waals surface area contributed by atoms with E-state index in [1.807, 2.05) is 44.2 Å². The average Bonchev–Trinajstić information content (AvgIpc) is 2.43. The van der Waals surface area contributed by atoms with Gasteiger partial charge in [0.1, 0.15) is 0 Å². The Bertz CT molecular complexity index is 822. The van der Waals surface area contributed by atoms with Crippen molar-refractivity contribution in [2.24, 2.45) is 4.99 Å². The van der Waals surface area contributed by atoms with E-state index in [1.165, 1.54) is 13.0 Å². The van der Waals surface area contributed by atoms with Crippen LogP contribution < -0.4 is 5.11 Å². The van der Waals surface area contributed by atoms with Crippen molar-refractivity contribution in [3.63, 3.8) is 0 Å². The largest absolute Gasteiger partial charge is 2.00 e. The number of pyridine rings is 1. The number of fused-ring (bicyclic) bond motifs is 1. The molecule has 0 amide bonds. The van der Waals surface area contributed by atoms with Crippen molar-refractivity contribution in [3.05, 3.63) is 52.5 Å². The molecule has 1 heterocycles. The molecule has 0 unspecified atom stereocenters. The smallest absolute Gasteiger partial charge is 0.876 e. The predicted molar refractivity (Wildman–Crippen MR) is 123 cm³/mol. The summed E-state index contributed by atoms with van der Waals surface area (Å²) in [7, 11) is -2.21. The van der Waals surface area contributed by atoms with E-state index in [4.69, 9.17) is 4.65 Å². The summed E-state index contributed by atoms with van der Waals surface area (Å²) in [4.78, 5) is 8.95. The first kappa shape index (κ1) is 26.9. The molecule has 28 heavy (non-hydrogen) atoms. The number of rotatable bonds is 4. The average molecular weight is 465 g/mol. The molecule has 0 saturated heterocycles. The van der Waals surface area contributed by atoms with E-state index in [2.05, 4.69) is 49.3 Å². The van der Waals surface area contributed by atoms with Crippen LogP contribution in [0.25, 0.3) is 15.6 Å². The number of nitrogens with zero attached hydrogens (tertiary/aromatic N) is 3. The van der Waals surface area contributed by atoms with Gasteiger partial charge in [0.2, 0.25) is 0 Å². The molecule has 1 aromatic heterocycles. The molecule has 7 heteroatoms. The molecule has 0 N–H and O–H groups in total. The van der Waals surface area contributed by atoms with Crippen molar-refractivity contribution in [3.8, 4) is 0 Å². The summed E-state index contributed by atoms with van der Waals surface area (Å²) in [6, 6.07) is 9.86. The van der Waals surface area contributed by atoms with Gasteiger partial charge in [0, 0.05) is 16.8 Å². The van der Waals surface area contributed by atoms with Gasteiger partial charge in [0.25, 0.3) is 0 Å². The van der Waals surface area contributed by atoms with Crippen molar-refractivity contribution in [1.82, 2.24) is 4.98 Å². The number of hydrogen-bond acceptors (Lipinski definition) is 3. The number of hydrogen-bond donors (Lipinski definition) is 0. The first-order valence-corrected chi connectivity index (χ1v) is 16.2. The quantitative estimate of drug-likeness (QED) is 0.320. The van der Waals surface area contributed by atoms with Crippen LogP contribution >= 0.6 is 0 Å². The summed E-state index contributed by atoms with van der Waals surface area (Å²) in [6.07, 6.45) is 1.52. The molecule has 0 radical (unpaired) electrons. The Morgan fingerprint density at radius 2 is 1.57 bits per heavy atom. The van der Waals surface area contributed by atoms with Crippen LogP contribution in [0.3, 0.4) is 0 Å². The standard InChI is InChI=1S/C15H16N2O.C6H18NSi2.Zn/c1-10-7-8-13-5-4-6-14(15(13)17-10)16-11(2)9-12(3)18;1-8(2,3)7-9(4,5)6;/h4-9,18H,1-3H3;1-6H3;/q;-1;+2/p-1/b12-9-,16-11?;;. The third kappa shape index (κ3) is 11.0. The van der Waals surface area contributed by atoms with E-state index < -0.39 is 16.5 Å². The fraction of sp³-hybridized carbons (Fsp3) is 0.429. The molecule has 0 aliphatic rings. The predicted octanol–water partition coefficient (Wildman–Crippen LogP) is 5.93. The molecule has 0 fully saturated rings. The van der Waals surface area contributed by atoms with Crippen LogP contribution in [-0.4, -0.2) is 27.2 Å². The molecule has 0 saturated carbocycles. The fourth-order valence-corrected chi connectivity index (χ4v) is 10.9. The van der Waals surface area contributed by atoms with Crippen LogP contribution in [0.2, 0.25) is 39.3 Å². The molecule has 0 spiro atoms. The number of benzene rings is 1. The van der Waals surface area contributed by atoms with Gasteiger partial charge in [-0.2, -0.15) is 0 Å². The van der Waals surface area contributed by atoms with Gasteiger partial charge in [-0.1, -0.05) is 87.0 Å². The monoisotopic (exact) mass is 463 g/mol. The number of allylic oxidation sites excluding steroid dienone is 2.